The Balaban J connectivity index is 2.36. The molecule has 0 aliphatic heterocycles. The van der Waals surface area contributed by atoms with Gasteiger partial charge in [0.05, 0.1) is 22.6 Å². The molecule has 33 heavy (non-hydrogen) atoms. The first-order valence-electron chi connectivity index (χ1n) is 8.64. The van der Waals surface area contributed by atoms with Crippen molar-refractivity contribution >= 4 is 11.7 Å². The molecule has 0 saturated carbocycles. The van der Waals surface area contributed by atoms with Gasteiger partial charge in [-0.1, -0.05) is 13.0 Å². The van der Waals surface area contributed by atoms with Gasteiger partial charge in [0.15, 0.2) is 0 Å². The predicted octanol–water partition coefficient (Wildman–Crippen LogP) is 7.05. The molecular formula is C18H12F12N2O. The highest BCUT2D eigenvalue weighted by Gasteiger charge is 2.48. The molecule has 3 nitrogen and oxygen atoms in total. The minimum absolute atomic E-state index is 0.0871. The zero-order valence-corrected chi connectivity index (χ0v) is 16.0. The molecule has 2 atom stereocenters. The molecule has 0 heterocycles. The Morgan fingerprint density at radius 2 is 1.24 bits per heavy atom. The molecule has 0 spiro atoms. The van der Waals surface area contributed by atoms with Crippen LogP contribution in [0, 0.1) is 11.8 Å². The van der Waals surface area contributed by atoms with Crippen LogP contribution in [0.3, 0.4) is 0 Å². The fourth-order valence-electron chi connectivity index (χ4n) is 2.90. The van der Waals surface area contributed by atoms with Crippen LogP contribution in [0.25, 0.3) is 0 Å². The van der Waals surface area contributed by atoms with E-state index in [1.165, 1.54) is 0 Å². The molecule has 0 fully saturated rings. The summed E-state index contributed by atoms with van der Waals surface area (Å²) in [6.07, 6.45) is -20.8. The fraction of sp³-hybridized carbons (Fsp3) is 0.389. The molecule has 1 aliphatic rings. The van der Waals surface area contributed by atoms with Crippen LogP contribution < -0.4 is 10.6 Å². The molecule has 1 aromatic rings. The maximum Gasteiger partial charge on any atom is 0.416 e. The number of halogens is 12. The van der Waals surface area contributed by atoms with Crippen molar-refractivity contribution in [2.75, 3.05) is 5.32 Å². The molecule has 2 amide bonds. The quantitative estimate of drug-likeness (QED) is 0.420. The molecule has 15 heteroatoms. The first kappa shape index (κ1) is 26.4. The highest BCUT2D eigenvalue weighted by molar-refractivity contribution is 5.90. The van der Waals surface area contributed by atoms with Gasteiger partial charge in [-0.15, -0.1) is 0 Å². The third kappa shape index (κ3) is 6.57. The summed E-state index contributed by atoms with van der Waals surface area (Å²) >= 11 is 0. The molecule has 0 aromatic heterocycles. The number of urea groups is 1. The SMILES string of the molecule is CC1C(NC(=O)Nc2cc(C(F)(F)F)cc(C(F)(F)F)c2)=CC(C(F)(F)F)=CC1C(F)(F)F. The molecule has 2 unspecified atom stereocenters. The van der Waals surface area contributed by atoms with Crippen LogP contribution in [0.4, 0.5) is 63.2 Å². The third-order valence-corrected chi connectivity index (χ3v) is 4.51. The largest absolute Gasteiger partial charge is 0.416 e. The van der Waals surface area contributed by atoms with Gasteiger partial charge in [-0.25, -0.2) is 4.79 Å². The van der Waals surface area contributed by atoms with E-state index >= 15 is 0 Å². The Bertz CT molecular complexity index is 934. The molecule has 1 aliphatic carbocycles. The summed E-state index contributed by atoms with van der Waals surface area (Å²) in [6, 6.07) is -1.64. The number of alkyl halides is 12. The lowest BCUT2D eigenvalue weighted by Crippen LogP contribution is -2.39. The summed E-state index contributed by atoms with van der Waals surface area (Å²) in [5.41, 5.74) is -7.27. The first-order valence-corrected chi connectivity index (χ1v) is 8.64. The van der Waals surface area contributed by atoms with E-state index in [1.54, 1.807) is 10.6 Å². The van der Waals surface area contributed by atoms with Gasteiger partial charge >= 0.3 is 30.7 Å². The van der Waals surface area contributed by atoms with Crippen LogP contribution in [0.5, 0.6) is 0 Å². The van der Waals surface area contributed by atoms with E-state index in [0.717, 1.165) is 6.92 Å². The Morgan fingerprint density at radius 3 is 1.64 bits per heavy atom. The average Bonchev–Trinajstić information content (AvgIpc) is 2.59. The number of carbonyl (C=O) groups is 1. The summed E-state index contributed by atoms with van der Waals surface area (Å²) in [5, 5.41) is 3.21. The van der Waals surface area contributed by atoms with Crippen molar-refractivity contribution in [3.8, 4) is 0 Å². The minimum Gasteiger partial charge on any atom is -0.311 e. The zero-order valence-electron chi connectivity index (χ0n) is 16.0. The number of benzene rings is 1. The lowest BCUT2D eigenvalue weighted by molar-refractivity contribution is -0.171. The molecule has 0 bridgehead atoms. The van der Waals surface area contributed by atoms with Crippen LogP contribution in [0.1, 0.15) is 18.1 Å². The molecular weight excluding hydrogens is 488 g/mol. The Labute approximate surface area is 177 Å². The lowest BCUT2D eigenvalue weighted by Gasteiger charge is -2.31. The van der Waals surface area contributed by atoms with Crippen molar-refractivity contribution in [2.24, 2.45) is 11.8 Å². The number of hydrogen-bond donors (Lipinski definition) is 2. The van der Waals surface area contributed by atoms with E-state index in [1.807, 2.05) is 0 Å². The van der Waals surface area contributed by atoms with Gasteiger partial charge in [0, 0.05) is 17.3 Å². The topological polar surface area (TPSA) is 41.1 Å². The number of carbonyl (C=O) groups excluding carboxylic acids is 1. The Kier molecular flexibility index (Phi) is 6.78. The first-order chi connectivity index (χ1) is 14.7. The molecule has 1 aromatic carbocycles. The van der Waals surface area contributed by atoms with E-state index in [4.69, 9.17) is 0 Å². The Morgan fingerprint density at radius 1 is 0.758 bits per heavy atom. The highest BCUT2D eigenvalue weighted by atomic mass is 19.4. The Hall–Kier alpha value is -2.87. The van der Waals surface area contributed by atoms with Gasteiger partial charge in [0.2, 0.25) is 0 Å². The van der Waals surface area contributed by atoms with Crippen molar-refractivity contribution in [1.29, 1.82) is 0 Å². The second-order valence-electron chi connectivity index (χ2n) is 6.95. The number of rotatable bonds is 2. The molecule has 184 valence electrons. The summed E-state index contributed by atoms with van der Waals surface area (Å²) < 4.78 is 156. The standard InChI is InChI=1S/C18H12F12N2O/c1-7-12(18(28,29)30)5-10(17(25,26)27)6-13(7)32-14(33)31-11-3-8(15(19,20)21)2-9(4-11)16(22,23)24/h2-7,12H,1H3,(H2,31,32,33). The number of hydrogen-bond acceptors (Lipinski definition) is 1. The van der Waals surface area contributed by atoms with Gasteiger partial charge in [-0.2, -0.15) is 52.7 Å². The number of allylic oxidation sites excluding steroid dienone is 4. The summed E-state index contributed by atoms with van der Waals surface area (Å²) in [5.74, 6) is -4.42. The summed E-state index contributed by atoms with van der Waals surface area (Å²) in [4.78, 5) is 12.1. The maximum absolute atomic E-state index is 13.1. The smallest absolute Gasteiger partial charge is 0.311 e. The highest BCUT2D eigenvalue weighted by Crippen LogP contribution is 2.43. The number of amides is 2. The van der Waals surface area contributed by atoms with Gasteiger partial charge in [0.25, 0.3) is 0 Å². The van der Waals surface area contributed by atoms with Gasteiger partial charge in [-0.05, 0) is 24.3 Å². The van der Waals surface area contributed by atoms with E-state index < -0.39 is 70.7 Å². The molecule has 2 rings (SSSR count). The second-order valence-corrected chi connectivity index (χ2v) is 6.95. The number of nitrogens with one attached hydrogen (secondary N) is 2. The van der Waals surface area contributed by atoms with Crippen LogP contribution in [0.2, 0.25) is 0 Å². The fourth-order valence-corrected chi connectivity index (χ4v) is 2.90. The molecule has 2 N–H and O–H groups in total. The van der Waals surface area contributed by atoms with Crippen molar-refractivity contribution in [2.45, 2.75) is 31.6 Å². The van der Waals surface area contributed by atoms with E-state index in [-0.39, 0.29) is 30.4 Å². The molecule has 0 saturated heterocycles. The van der Waals surface area contributed by atoms with E-state index in [9.17, 15) is 57.5 Å². The van der Waals surface area contributed by atoms with Gasteiger partial charge < -0.3 is 10.6 Å². The second kappa shape index (κ2) is 8.48. The molecule has 0 radical (unpaired) electrons. The van der Waals surface area contributed by atoms with Crippen LogP contribution >= 0.6 is 0 Å². The van der Waals surface area contributed by atoms with Crippen molar-refractivity contribution in [3.63, 3.8) is 0 Å². The minimum atomic E-state index is -5.25. The third-order valence-electron chi connectivity index (χ3n) is 4.51. The van der Waals surface area contributed by atoms with Crippen molar-refractivity contribution < 1.29 is 57.5 Å². The van der Waals surface area contributed by atoms with Crippen LogP contribution in [-0.4, -0.2) is 18.4 Å². The van der Waals surface area contributed by atoms with Gasteiger partial charge in [-0.3, -0.25) is 0 Å². The van der Waals surface area contributed by atoms with E-state index in [2.05, 4.69) is 0 Å². The predicted molar refractivity (Wildman–Crippen MR) is 89.5 cm³/mol. The monoisotopic (exact) mass is 500 g/mol. The number of anilines is 1. The van der Waals surface area contributed by atoms with Crippen molar-refractivity contribution in [1.82, 2.24) is 5.32 Å². The zero-order chi connectivity index (χ0) is 25.6. The normalized spacial score (nSPS) is 20.2. The lowest BCUT2D eigenvalue weighted by atomic mass is 9.83. The van der Waals surface area contributed by atoms with Crippen LogP contribution in [-0.2, 0) is 12.4 Å². The van der Waals surface area contributed by atoms with Crippen molar-refractivity contribution in [3.05, 3.63) is 52.7 Å². The van der Waals surface area contributed by atoms with Crippen LogP contribution in [0.15, 0.2) is 41.6 Å². The summed E-state index contributed by atoms with van der Waals surface area (Å²) in [7, 11) is 0. The van der Waals surface area contributed by atoms with E-state index in [0.29, 0.717) is 0 Å². The average molecular weight is 500 g/mol. The van der Waals surface area contributed by atoms with Gasteiger partial charge in [0.1, 0.15) is 0 Å². The summed E-state index contributed by atoms with van der Waals surface area (Å²) in [6.45, 7) is 0.833. The maximum atomic E-state index is 13.1.